The standard InChI is InChI=1S/C14H16N2O3S/c1-4-7-15-14(17)11-5-6-13-12(9-11)8-10(2)16(13)20(3,18)19/h1,5-6,9-10H,7-8H2,2-3H3,(H,15,17). The fourth-order valence-corrected chi connectivity index (χ4v) is 3.75. The van der Waals surface area contributed by atoms with Crippen LogP contribution in [0.4, 0.5) is 5.69 Å². The summed E-state index contributed by atoms with van der Waals surface area (Å²) < 4.78 is 25.0. The van der Waals surface area contributed by atoms with Crippen LogP contribution in [0.5, 0.6) is 0 Å². The lowest BCUT2D eigenvalue weighted by atomic mass is 10.1. The molecule has 0 spiro atoms. The number of nitrogens with one attached hydrogen (secondary N) is 1. The van der Waals surface area contributed by atoms with Crippen molar-refractivity contribution in [2.24, 2.45) is 0 Å². The summed E-state index contributed by atoms with van der Waals surface area (Å²) in [5.74, 6) is 2.08. The summed E-state index contributed by atoms with van der Waals surface area (Å²) in [6, 6.07) is 4.87. The maximum atomic E-state index is 11.8. The van der Waals surface area contributed by atoms with Crippen molar-refractivity contribution in [3.63, 3.8) is 0 Å². The van der Waals surface area contributed by atoms with Crippen LogP contribution in [0, 0.1) is 12.3 Å². The first-order valence-corrected chi connectivity index (χ1v) is 8.03. The highest BCUT2D eigenvalue weighted by molar-refractivity contribution is 7.92. The van der Waals surface area contributed by atoms with Crippen molar-refractivity contribution in [3.05, 3.63) is 29.3 Å². The smallest absolute Gasteiger partial charge is 0.252 e. The number of fused-ring (bicyclic) bond motifs is 1. The molecule has 1 atom stereocenters. The van der Waals surface area contributed by atoms with Gasteiger partial charge in [0.1, 0.15) is 0 Å². The molecule has 1 N–H and O–H groups in total. The zero-order valence-electron chi connectivity index (χ0n) is 11.4. The summed E-state index contributed by atoms with van der Waals surface area (Å²) in [4.78, 5) is 11.8. The van der Waals surface area contributed by atoms with E-state index in [2.05, 4.69) is 11.2 Å². The van der Waals surface area contributed by atoms with E-state index in [1.165, 1.54) is 10.6 Å². The quantitative estimate of drug-likeness (QED) is 0.836. The maximum Gasteiger partial charge on any atom is 0.252 e. The summed E-state index contributed by atoms with van der Waals surface area (Å²) >= 11 is 0. The normalized spacial score (nSPS) is 17.4. The van der Waals surface area contributed by atoms with Gasteiger partial charge in [-0.05, 0) is 37.1 Å². The number of anilines is 1. The van der Waals surface area contributed by atoms with Crippen LogP contribution in [0.3, 0.4) is 0 Å². The van der Waals surface area contributed by atoms with Gasteiger partial charge >= 0.3 is 0 Å². The van der Waals surface area contributed by atoms with E-state index in [1.54, 1.807) is 18.2 Å². The van der Waals surface area contributed by atoms with Crippen LogP contribution >= 0.6 is 0 Å². The lowest BCUT2D eigenvalue weighted by molar-refractivity contribution is 0.0958. The second kappa shape index (κ2) is 5.17. The van der Waals surface area contributed by atoms with Gasteiger partial charge < -0.3 is 5.32 Å². The van der Waals surface area contributed by atoms with E-state index in [9.17, 15) is 13.2 Å². The topological polar surface area (TPSA) is 66.5 Å². The van der Waals surface area contributed by atoms with Crippen molar-refractivity contribution >= 4 is 21.6 Å². The van der Waals surface area contributed by atoms with E-state index in [0.29, 0.717) is 17.7 Å². The van der Waals surface area contributed by atoms with E-state index in [-0.39, 0.29) is 18.5 Å². The molecular formula is C14H16N2O3S. The number of sulfonamides is 1. The zero-order chi connectivity index (χ0) is 14.9. The minimum absolute atomic E-state index is 0.135. The molecule has 0 aromatic heterocycles. The Bertz CT molecular complexity index is 689. The van der Waals surface area contributed by atoms with Crippen LogP contribution in [0.15, 0.2) is 18.2 Å². The second-order valence-corrected chi connectivity index (χ2v) is 6.70. The first-order chi connectivity index (χ1) is 9.34. The van der Waals surface area contributed by atoms with Crippen molar-refractivity contribution in [1.82, 2.24) is 5.32 Å². The number of amides is 1. The highest BCUT2D eigenvalue weighted by atomic mass is 32.2. The lowest BCUT2D eigenvalue weighted by Gasteiger charge is -2.21. The number of rotatable bonds is 3. The number of hydrogen-bond acceptors (Lipinski definition) is 3. The number of nitrogens with zero attached hydrogens (tertiary/aromatic N) is 1. The molecule has 20 heavy (non-hydrogen) atoms. The van der Waals surface area contributed by atoms with E-state index < -0.39 is 10.0 Å². The summed E-state index contributed by atoms with van der Waals surface area (Å²) in [5, 5.41) is 2.59. The van der Waals surface area contributed by atoms with Gasteiger partial charge in [-0.3, -0.25) is 9.10 Å². The molecule has 1 aliphatic rings. The highest BCUT2D eigenvalue weighted by Crippen LogP contribution is 2.34. The molecule has 0 saturated heterocycles. The molecule has 6 heteroatoms. The molecule has 1 aromatic rings. The Balaban J connectivity index is 2.34. The third kappa shape index (κ3) is 2.63. The van der Waals surface area contributed by atoms with Gasteiger partial charge in [0.25, 0.3) is 5.91 Å². The van der Waals surface area contributed by atoms with Gasteiger partial charge in [-0.15, -0.1) is 6.42 Å². The third-order valence-corrected chi connectivity index (χ3v) is 4.47. The van der Waals surface area contributed by atoms with Crippen LogP contribution < -0.4 is 9.62 Å². The van der Waals surface area contributed by atoms with Crippen LogP contribution in [0.25, 0.3) is 0 Å². The molecule has 0 bridgehead atoms. The Morgan fingerprint density at radius 3 is 2.85 bits per heavy atom. The minimum atomic E-state index is -3.31. The Hall–Kier alpha value is -2.00. The molecule has 0 saturated carbocycles. The van der Waals surface area contributed by atoms with E-state index >= 15 is 0 Å². The third-order valence-electron chi connectivity index (χ3n) is 3.20. The molecule has 1 aromatic carbocycles. The van der Waals surface area contributed by atoms with Crippen molar-refractivity contribution in [2.45, 2.75) is 19.4 Å². The number of carbonyl (C=O) groups is 1. The average Bonchev–Trinajstić information content (AvgIpc) is 2.70. The lowest BCUT2D eigenvalue weighted by Crippen LogP contribution is -2.34. The first-order valence-electron chi connectivity index (χ1n) is 6.18. The summed E-state index contributed by atoms with van der Waals surface area (Å²) in [5.41, 5.74) is 1.99. The minimum Gasteiger partial charge on any atom is -0.341 e. The maximum absolute atomic E-state index is 11.8. The van der Waals surface area contributed by atoms with Gasteiger partial charge in [0.2, 0.25) is 10.0 Å². The van der Waals surface area contributed by atoms with Gasteiger partial charge in [-0.25, -0.2) is 8.42 Å². The van der Waals surface area contributed by atoms with Gasteiger partial charge in [0, 0.05) is 11.6 Å². The largest absolute Gasteiger partial charge is 0.341 e. The van der Waals surface area contributed by atoms with Crippen molar-refractivity contribution in [1.29, 1.82) is 0 Å². The SMILES string of the molecule is C#CCNC(=O)c1ccc2c(c1)CC(C)N2S(C)(=O)=O. The second-order valence-electron chi connectivity index (χ2n) is 4.84. The number of terminal acetylenes is 1. The molecule has 0 radical (unpaired) electrons. The molecule has 1 aliphatic heterocycles. The molecule has 5 nitrogen and oxygen atoms in total. The van der Waals surface area contributed by atoms with Crippen LogP contribution in [-0.2, 0) is 16.4 Å². The number of carbonyl (C=O) groups excluding carboxylic acids is 1. The van der Waals surface area contributed by atoms with Gasteiger partial charge in [-0.2, -0.15) is 0 Å². The van der Waals surface area contributed by atoms with Crippen LogP contribution in [0.2, 0.25) is 0 Å². The molecule has 106 valence electrons. The van der Waals surface area contributed by atoms with E-state index in [0.717, 1.165) is 5.56 Å². The predicted octanol–water partition coefficient (Wildman–Crippen LogP) is 0.760. The first kappa shape index (κ1) is 14.4. The fourth-order valence-electron chi connectivity index (χ4n) is 2.48. The van der Waals surface area contributed by atoms with Gasteiger partial charge in [0.15, 0.2) is 0 Å². The zero-order valence-corrected chi connectivity index (χ0v) is 12.2. The average molecular weight is 292 g/mol. The Labute approximate surface area is 119 Å². The van der Waals surface area contributed by atoms with E-state index in [1.807, 2.05) is 6.92 Å². The van der Waals surface area contributed by atoms with Crippen LogP contribution in [-0.4, -0.2) is 33.2 Å². The predicted molar refractivity (Wildman–Crippen MR) is 78.1 cm³/mol. The van der Waals surface area contributed by atoms with Crippen molar-refractivity contribution in [3.8, 4) is 12.3 Å². The summed E-state index contributed by atoms with van der Waals surface area (Å²) in [6.45, 7) is 2.01. The molecular weight excluding hydrogens is 276 g/mol. The molecule has 2 rings (SSSR count). The van der Waals surface area contributed by atoms with Gasteiger partial charge in [-0.1, -0.05) is 5.92 Å². The number of benzene rings is 1. The Kier molecular flexibility index (Phi) is 3.73. The molecule has 0 fully saturated rings. The summed E-state index contributed by atoms with van der Waals surface area (Å²) in [6.07, 6.45) is 6.87. The molecule has 1 heterocycles. The number of hydrogen-bond donors (Lipinski definition) is 1. The Morgan fingerprint density at radius 1 is 1.55 bits per heavy atom. The fraction of sp³-hybridized carbons (Fsp3) is 0.357. The van der Waals surface area contributed by atoms with E-state index in [4.69, 9.17) is 6.42 Å². The van der Waals surface area contributed by atoms with Gasteiger partial charge in [0.05, 0.1) is 18.5 Å². The summed E-state index contributed by atoms with van der Waals surface area (Å²) in [7, 11) is -3.31. The Morgan fingerprint density at radius 2 is 2.25 bits per heavy atom. The molecule has 1 amide bonds. The van der Waals surface area contributed by atoms with Crippen molar-refractivity contribution < 1.29 is 13.2 Å². The van der Waals surface area contributed by atoms with Crippen molar-refractivity contribution in [2.75, 3.05) is 17.1 Å². The highest BCUT2D eigenvalue weighted by Gasteiger charge is 2.32. The van der Waals surface area contributed by atoms with Crippen LogP contribution in [0.1, 0.15) is 22.8 Å². The molecule has 1 unspecified atom stereocenters. The monoisotopic (exact) mass is 292 g/mol. The molecule has 0 aliphatic carbocycles.